The van der Waals surface area contributed by atoms with Crippen LogP contribution in [0.2, 0.25) is 5.02 Å². The minimum atomic E-state index is -0.446. The van der Waals surface area contributed by atoms with Gasteiger partial charge < -0.3 is 31.5 Å². The molecule has 2 atom stereocenters. The number of amides is 1. The lowest BCUT2D eigenvalue weighted by Crippen LogP contribution is -2.53. The maximum atomic E-state index is 12.5. The van der Waals surface area contributed by atoms with Crippen molar-refractivity contribution in [3.63, 3.8) is 0 Å². The first kappa shape index (κ1) is 30.6. The highest BCUT2D eigenvalue weighted by atomic mass is 35.5. The fraction of sp³-hybridized carbons (Fsp3) is 0.242. The number of anilines is 2. The summed E-state index contributed by atoms with van der Waals surface area (Å²) in [6, 6.07) is 15.7. The zero-order valence-electron chi connectivity index (χ0n) is 24.6. The Morgan fingerprint density at radius 1 is 1.30 bits per heavy atom. The van der Waals surface area contributed by atoms with Crippen molar-refractivity contribution < 1.29 is 9.90 Å². The van der Waals surface area contributed by atoms with Crippen molar-refractivity contribution in [3.05, 3.63) is 113 Å². The third kappa shape index (κ3) is 6.71. The summed E-state index contributed by atoms with van der Waals surface area (Å²) in [5.41, 5.74) is 14.4. The smallest absolute Gasteiger partial charge is 0.249 e. The number of nitriles is 1. The largest absolute Gasteiger partial charge is 0.389 e. The Morgan fingerprint density at radius 3 is 2.73 bits per heavy atom. The van der Waals surface area contributed by atoms with Gasteiger partial charge in [0.15, 0.2) is 0 Å². The number of hydrogen-bond donors (Lipinski definition) is 6. The van der Waals surface area contributed by atoms with Gasteiger partial charge in [-0.3, -0.25) is 9.78 Å². The molecule has 1 saturated heterocycles. The van der Waals surface area contributed by atoms with Crippen molar-refractivity contribution >= 4 is 39.8 Å². The second-order valence-electron chi connectivity index (χ2n) is 10.7. The van der Waals surface area contributed by atoms with Crippen LogP contribution in [0.5, 0.6) is 0 Å². The Labute approximate surface area is 261 Å². The molecule has 1 aromatic heterocycles. The number of pyridine rings is 1. The molecule has 226 valence electrons. The number of aliphatic hydroxyl groups excluding tert-OH is 1. The highest BCUT2D eigenvalue weighted by Crippen LogP contribution is 2.36. The number of carbonyl (C=O) groups is 1. The maximum absolute atomic E-state index is 12.5. The maximum Gasteiger partial charge on any atom is 0.249 e. The molecule has 2 aromatic carbocycles. The average Bonchev–Trinajstić information content (AvgIpc) is 3.55. The molecule has 1 fully saturated rings. The summed E-state index contributed by atoms with van der Waals surface area (Å²) in [7, 11) is 0. The van der Waals surface area contributed by atoms with Gasteiger partial charge in [0, 0.05) is 42.1 Å². The lowest BCUT2D eigenvalue weighted by atomic mass is 10.0. The van der Waals surface area contributed by atoms with E-state index in [0.29, 0.717) is 57.1 Å². The van der Waals surface area contributed by atoms with Gasteiger partial charge in [-0.15, -0.1) is 0 Å². The standard InChI is InChI=1S/C33H35ClN8O2/c1-4-28(22-11-6-5-7-12-22)39-31-23(15-35)16-36-32-26(31)13-24(14-27(32)34)38-30(29-17-37-41-40-29)20(2)9-8-10-21(3)33(44)42-18-25(43)19-42/h5-14,16-17,25,28,30,37-38,40-41,43H,2,4,18-19H2,1,3H3,(H,36,39)/b9-8-,21-10+/t28-,30+/m1/s1. The molecule has 10 nitrogen and oxygen atoms in total. The van der Waals surface area contributed by atoms with Gasteiger partial charge >= 0.3 is 0 Å². The highest BCUT2D eigenvalue weighted by Gasteiger charge is 2.29. The number of carbonyl (C=O) groups excluding carboxylic acids is 1. The van der Waals surface area contributed by atoms with Crippen molar-refractivity contribution in [3.8, 4) is 6.07 Å². The fourth-order valence-electron chi connectivity index (χ4n) is 5.17. The van der Waals surface area contributed by atoms with Crippen LogP contribution in [0.4, 0.5) is 11.4 Å². The molecule has 0 bridgehead atoms. The average molecular weight is 611 g/mol. The molecule has 6 N–H and O–H groups in total. The van der Waals surface area contributed by atoms with E-state index in [1.54, 1.807) is 42.4 Å². The Kier molecular flexibility index (Phi) is 9.50. The Balaban J connectivity index is 1.44. The van der Waals surface area contributed by atoms with Crippen LogP contribution in [-0.4, -0.2) is 46.1 Å². The number of β-amino-alcohol motifs (C(OH)–C–C–N with tert-alkyl or cyclic N) is 1. The number of rotatable bonds is 11. The minimum Gasteiger partial charge on any atom is -0.389 e. The van der Waals surface area contributed by atoms with E-state index >= 15 is 0 Å². The second-order valence-corrected chi connectivity index (χ2v) is 11.2. The summed E-state index contributed by atoms with van der Waals surface area (Å²) in [5, 5.41) is 27.7. The van der Waals surface area contributed by atoms with Gasteiger partial charge in [-0.1, -0.05) is 73.7 Å². The summed E-state index contributed by atoms with van der Waals surface area (Å²) in [6.07, 6.45) is 9.04. The quantitative estimate of drug-likeness (QED) is 0.133. The number of benzene rings is 2. The van der Waals surface area contributed by atoms with Gasteiger partial charge in [-0.05, 0) is 36.6 Å². The van der Waals surface area contributed by atoms with Gasteiger partial charge in [0.1, 0.15) is 6.07 Å². The molecule has 0 saturated carbocycles. The van der Waals surface area contributed by atoms with Crippen molar-refractivity contribution in [1.82, 2.24) is 26.3 Å². The number of hydrazine groups is 2. The van der Waals surface area contributed by atoms with Crippen LogP contribution in [0.3, 0.4) is 0 Å². The van der Waals surface area contributed by atoms with E-state index in [1.807, 2.05) is 30.3 Å². The van der Waals surface area contributed by atoms with E-state index in [4.69, 9.17) is 11.6 Å². The number of nitrogens with one attached hydrogen (secondary N) is 5. The fourth-order valence-corrected chi connectivity index (χ4v) is 5.44. The number of nitrogens with zero attached hydrogens (tertiary/aromatic N) is 3. The molecule has 1 amide bonds. The predicted molar refractivity (Wildman–Crippen MR) is 174 cm³/mol. The number of aliphatic hydroxyl groups is 1. The molecular weight excluding hydrogens is 576 g/mol. The van der Waals surface area contributed by atoms with E-state index in [-0.39, 0.29) is 11.9 Å². The summed E-state index contributed by atoms with van der Waals surface area (Å²) >= 11 is 6.78. The van der Waals surface area contributed by atoms with E-state index in [2.05, 4.69) is 63.7 Å². The molecule has 3 aromatic rings. The normalized spacial score (nSPS) is 16.4. The number of fused-ring (bicyclic) bond motifs is 1. The molecule has 0 radical (unpaired) electrons. The first-order valence-electron chi connectivity index (χ1n) is 14.4. The molecule has 5 rings (SSSR count). The molecule has 0 spiro atoms. The van der Waals surface area contributed by atoms with Crippen LogP contribution in [-0.2, 0) is 4.79 Å². The molecule has 2 aliphatic rings. The summed E-state index contributed by atoms with van der Waals surface area (Å²) in [4.78, 5) is 18.6. The van der Waals surface area contributed by atoms with Crippen molar-refractivity contribution in [2.45, 2.75) is 38.5 Å². The number of aromatic nitrogens is 1. The van der Waals surface area contributed by atoms with E-state index in [0.717, 1.165) is 17.7 Å². The topological polar surface area (TPSA) is 137 Å². The monoisotopic (exact) mass is 610 g/mol. The Bertz CT molecular complexity index is 1690. The molecule has 11 heteroatoms. The van der Waals surface area contributed by atoms with Crippen molar-refractivity contribution in [2.24, 2.45) is 0 Å². The number of likely N-dealkylation sites (tertiary alicyclic amines) is 1. The molecule has 44 heavy (non-hydrogen) atoms. The second kappa shape index (κ2) is 13.7. The molecule has 3 heterocycles. The van der Waals surface area contributed by atoms with Crippen LogP contribution in [0.1, 0.15) is 37.4 Å². The van der Waals surface area contributed by atoms with Crippen molar-refractivity contribution in [1.29, 1.82) is 5.26 Å². The number of hydrogen-bond acceptors (Lipinski definition) is 9. The summed E-state index contributed by atoms with van der Waals surface area (Å²) in [6.45, 7) is 8.83. The third-order valence-corrected chi connectivity index (χ3v) is 7.90. The van der Waals surface area contributed by atoms with Crippen LogP contribution >= 0.6 is 11.6 Å². The van der Waals surface area contributed by atoms with Gasteiger partial charge in [-0.2, -0.15) is 10.8 Å². The molecule has 0 unspecified atom stereocenters. The molecule has 0 aliphatic carbocycles. The zero-order valence-corrected chi connectivity index (χ0v) is 25.3. The lowest BCUT2D eigenvalue weighted by molar-refractivity contribution is -0.136. The summed E-state index contributed by atoms with van der Waals surface area (Å²) in [5.74, 6) is -0.105. The SMILES string of the molecule is C=C(/C=C\C=C(/C)C(=O)N1CC(O)C1)[C@H](Nc1cc(Cl)c2ncc(C#N)c(N[C@H](CC)c3ccccc3)c2c1)C1=CNNN1. The first-order valence-corrected chi connectivity index (χ1v) is 14.7. The van der Waals surface area contributed by atoms with Gasteiger partial charge in [0.25, 0.3) is 0 Å². The van der Waals surface area contributed by atoms with Crippen LogP contribution < -0.4 is 27.0 Å². The van der Waals surface area contributed by atoms with Crippen LogP contribution in [0.15, 0.2) is 96.5 Å². The Morgan fingerprint density at radius 2 is 2.07 bits per heavy atom. The number of allylic oxidation sites excluding steroid dienone is 2. The molecular formula is C33H35ClN8O2. The van der Waals surface area contributed by atoms with E-state index in [9.17, 15) is 15.2 Å². The zero-order chi connectivity index (χ0) is 31.2. The van der Waals surface area contributed by atoms with Gasteiger partial charge in [-0.25, -0.2) is 0 Å². The van der Waals surface area contributed by atoms with Crippen molar-refractivity contribution in [2.75, 3.05) is 23.7 Å². The highest BCUT2D eigenvalue weighted by molar-refractivity contribution is 6.35. The van der Waals surface area contributed by atoms with Gasteiger partial charge in [0.2, 0.25) is 5.91 Å². The molecule has 2 aliphatic heterocycles. The summed E-state index contributed by atoms with van der Waals surface area (Å²) < 4.78 is 0. The van der Waals surface area contributed by atoms with E-state index in [1.165, 1.54) is 0 Å². The predicted octanol–water partition coefficient (Wildman–Crippen LogP) is 4.82. The first-order chi connectivity index (χ1) is 21.3. The third-order valence-electron chi connectivity index (χ3n) is 7.62. The Hall–Kier alpha value is -4.82. The lowest BCUT2D eigenvalue weighted by Gasteiger charge is -2.36. The van der Waals surface area contributed by atoms with Gasteiger partial charge in [0.05, 0.1) is 45.7 Å². The minimum absolute atomic E-state index is 0.0264. The van der Waals surface area contributed by atoms with E-state index < -0.39 is 12.1 Å². The van der Waals surface area contributed by atoms with Crippen LogP contribution in [0, 0.1) is 11.3 Å². The van der Waals surface area contributed by atoms with Crippen LogP contribution in [0.25, 0.3) is 10.9 Å². The number of halogens is 1.